The third kappa shape index (κ3) is 4.70. The molecule has 0 spiro atoms. The SMILES string of the molecule is CC(C)N1CC(c2cc(N(C)C)nc(CN(C)S(=O)(=O)N3CCCC3)n2)CC1=O. The molecule has 1 aromatic rings. The van der Waals surface area contributed by atoms with Crippen molar-refractivity contribution in [1.82, 2.24) is 23.5 Å². The third-order valence-corrected chi connectivity index (χ3v) is 7.52. The van der Waals surface area contributed by atoms with Crippen LogP contribution in [0.15, 0.2) is 6.07 Å². The van der Waals surface area contributed by atoms with E-state index in [1.807, 2.05) is 43.8 Å². The molecule has 3 heterocycles. The molecule has 1 amide bonds. The number of aromatic nitrogens is 2. The van der Waals surface area contributed by atoms with Crippen LogP contribution in [0.25, 0.3) is 0 Å². The fourth-order valence-corrected chi connectivity index (χ4v) is 5.23. The molecule has 0 aromatic carbocycles. The number of hydrogen-bond acceptors (Lipinski definition) is 6. The average Bonchev–Trinajstić information content (AvgIpc) is 3.31. The van der Waals surface area contributed by atoms with Gasteiger partial charge in [-0.3, -0.25) is 4.79 Å². The fraction of sp³-hybridized carbons (Fsp3) is 0.737. The van der Waals surface area contributed by atoms with Crippen molar-refractivity contribution < 1.29 is 13.2 Å². The first-order valence-corrected chi connectivity index (χ1v) is 11.6. The Morgan fingerprint density at radius 2 is 1.83 bits per heavy atom. The number of carbonyl (C=O) groups is 1. The molecular formula is C19H32N6O3S. The van der Waals surface area contributed by atoms with Crippen LogP contribution >= 0.6 is 0 Å². The predicted octanol–water partition coefficient (Wildman–Crippen LogP) is 1.04. The molecule has 1 atom stereocenters. The topological polar surface area (TPSA) is 89.9 Å². The number of anilines is 1. The molecule has 10 heteroatoms. The molecule has 1 aromatic heterocycles. The highest BCUT2D eigenvalue weighted by Crippen LogP contribution is 2.30. The van der Waals surface area contributed by atoms with E-state index in [0.717, 1.165) is 18.5 Å². The first-order valence-electron chi connectivity index (χ1n) is 10.2. The van der Waals surface area contributed by atoms with E-state index in [9.17, 15) is 13.2 Å². The quantitative estimate of drug-likeness (QED) is 0.650. The van der Waals surface area contributed by atoms with Crippen LogP contribution in [-0.2, 0) is 21.5 Å². The minimum absolute atomic E-state index is 0.00848. The second-order valence-corrected chi connectivity index (χ2v) is 10.4. The maximum Gasteiger partial charge on any atom is 0.282 e. The molecule has 2 aliphatic rings. The summed E-state index contributed by atoms with van der Waals surface area (Å²) in [6.45, 7) is 5.87. The molecule has 3 rings (SSSR count). The van der Waals surface area contributed by atoms with Gasteiger partial charge in [0.25, 0.3) is 10.2 Å². The third-order valence-electron chi connectivity index (χ3n) is 5.59. The van der Waals surface area contributed by atoms with Gasteiger partial charge in [-0.15, -0.1) is 0 Å². The smallest absolute Gasteiger partial charge is 0.282 e. The van der Waals surface area contributed by atoms with Crippen LogP contribution in [0.5, 0.6) is 0 Å². The summed E-state index contributed by atoms with van der Waals surface area (Å²) in [6.07, 6.45) is 2.21. The summed E-state index contributed by atoms with van der Waals surface area (Å²) in [7, 11) is 1.83. The van der Waals surface area contributed by atoms with Crippen molar-refractivity contribution in [2.24, 2.45) is 0 Å². The number of rotatable bonds is 7. The number of likely N-dealkylation sites (tertiary alicyclic amines) is 1. The van der Waals surface area contributed by atoms with Crippen LogP contribution in [0.2, 0.25) is 0 Å². The van der Waals surface area contributed by atoms with E-state index in [1.54, 1.807) is 7.05 Å². The van der Waals surface area contributed by atoms with Gasteiger partial charge >= 0.3 is 0 Å². The Bertz CT molecular complexity index is 852. The maximum absolute atomic E-state index is 12.8. The second kappa shape index (κ2) is 8.53. The lowest BCUT2D eigenvalue weighted by atomic mass is 10.0. The highest BCUT2D eigenvalue weighted by molar-refractivity contribution is 7.86. The lowest BCUT2D eigenvalue weighted by molar-refractivity contribution is -0.129. The van der Waals surface area contributed by atoms with Crippen molar-refractivity contribution in [2.75, 3.05) is 45.7 Å². The van der Waals surface area contributed by atoms with Crippen LogP contribution < -0.4 is 4.90 Å². The summed E-state index contributed by atoms with van der Waals surface area (Å²) in [5, 5.41) is 0. The van der Waals surface area contributed by atoms with Gasteiger partial charge in [0.2, 0.25) is 5.91 Å². The zero-order valence-corrected chi connectivity index (χ0v) is 18.8. The molecular weight excluding hydrogens is 392 g/mol. The Labute approximate surface area is 173 Å². The van der Waals surface area contributed by atoms with E-state index in [0.29, 0.717) is 37.7 Å². The Morgan fingerprint density at radius 3 is 2.38 bits per heavy atom. The highest BCUT2D eigenvalue weighted by Gasteiger charge is 2.34. The Morgan fingerprint density at radius 1 is 1.17 bits per heavy atom. The van der Waals surface area contributed by atoms with E-state index in [-0.39, 0.29) is 24.4 Å². The first kappa shape index (κ1) is 21.9. The molecule has 0 aliphatic carbocycles. The Hall–Kier alpha value is -1.78. The van der Waals surface area contributed by atoms with Crippen molar-refractivity contribution in [1.29, 1.82) is 0 Å². The standard InChI is InChI=1S/C19H32N6O3S/c1-14(2)25-12-15(10-19(25)26)16-11-18(22(3)4)21-17(20-16)13-23(5)29(27,28)24-8-6-7-9-24/h11,14-15H,6-10,12-13H2,1-5H3. The van der Waals surface area contributed by atoms with E-state index in [2.05, 4.69) is 9.97 Å². The van der Waals surface area contributed by atoms with Gasteiger partial charge in [0.15, 0.2) is 0 Å². The molecule has 2 aliphatic heterocycles. The molecule has 0 saturated carbocycles. The molecule has 162 valence electrons. The Kier molecular flexibility index (Phi) is 6.45. The number of nitrogens with zero attached hydrogens (tertiary/aromatic N) is 6. The molecule has 1 unspecified atom stereocenters. The Balaban J connectivity index is 1.85. The van der Waals surface area contributed by atoms with E-state index in [4.69, 9.17) is 0 Å². The van der Waals surface area contributed by atoms with Crippen LogP contribution in [0.1, 0.15) is 50.5 Å². The van der Waals surface area contributed by atoms with Gasteiger partial charge in [-0.05, 0) is 26.7 Å². The van der Waals surface area contributed by atoms with E-state index < -0.39 is 10.2 Å². The normalized spacial score (nSPS) is 21.0. The molecule has 9 nitrogen and oxygen atoms in total. The lowest BCUT2D eigenvalue weighted by Crippen LogP contribution is -2.40. The van der Waals surface area contributed by atoms with Crippen LogP contribution in [0, 0.1) is 0 Å². The van der Waals surface area contributed by atoms with Crippen LogP contribution in [0.3, 0.4) is 0 Å². The lowest BCUT2D eigenvalue weighted by Gasteiger charge is -2.24. The van der Waals surface area contributed by atoms with Crippen molar-refractivity contribution >= 4 is 21.9 Å². The van der Waals surface area contributed by atoms with Gasteiger partial charge in [-0.25, -0.2) is 9.97 Å². The van der Waals surface area contributed by atoms with Gasteiger partial charge in [-0.2, -0.15) is 17.0 Å². The summed E-state index contributed by atoms with van der Waals surface area (Å²) in [4.78, 5) is 25.3. The van der Waals surface area contributed by atoms with Crippen LogP contribution in [0.4, 0.5) is 5.82 Å². The number of amides is 1. The summed E-state index contributed by atoms with van der Waals surface area (Å²) >= 11 is 0. The maximum atomic E-state index is 12.8. The average molecular weight is 425 g/mol. The molecule has 0 N–H and O–H groups in total. The summed E-state index contributed by atoms with van der Waals surface area (Å²) < 4.78 is 28.4. The highest BCUT2D eigenvalue weighted by atomic mass is 32.2. The first-order chi connectivity index (χ1) is 13.6. The predicted molar refractivity (Wildman–Crippen MR) is 112 cm³/mol. The fourth-order valence-electron chi connectivity index (χ4n) is 3.84. The van der Waals surface area contributed by atoms with Crippen molar-refractivity contribution in [3.05, 3.63) is 17.6 Å². The molecule has 2 fully saturated rings. The van der Waals surface area contributed by atoms with Crippen LogP contribution in [-0.4, -0.2) is 84.6 Å². The van der Waals surface area contributed by atoms with Gasteiger partial charge in [0, 0.05) is 65.2 Å². The second-order valence-electron chi connectivity index (χ2n) is 8.37. The monoisotopic (exact) mass is 424 g/mol. The van der Waals surface area contributed by atoms with Gasteiger partial charge in [-0.1, -0.05) is 0 Å². The number of carbonyl (C=O) groups excluding carboxylic acids is 1. The largest absolute Gasteiger partial charge is 0.363 e. The zero-order valence-electron chi connectivity index (χ0n) is 18.0. The molecule has 0 radical (unpaired) electrons. The van der Waals surface area contributed by atoms with E-state index in [1.165, 1.54) is 8.61 Å². The summed E-state index contributed by atoms with van der Waals surface area (Å²) in [6, 6.07) is 2.05. The minimum Gasteiger partial charge on any atom is -0.363 e. The van der Waals surface area contributed by atoms with Gasteiger partial charge in [0.05, 0.1) is 12.2 Å². The summed E-state index contributed by atoms with van der Waals surface area (Å²) in [5.74, 6) is 1.29. The molecule has 29 heavy (non-hydrogen) atoms. The van der Waals surface area contributed by atoms with Crippen molar-refractivity contribution in [2.45, 2.75) is 51.6 Å². The summed E-state index contributed by atoms with van der Waals surface area (Å²) in [5.41, 5.74) is 0.794. The van der Waals surface area contributed by atoms with Crippen molar-refractivity contribution in [3.63, 3.8) is 0 Å². The minimum atomic E-state index is -3.52. The van der Waals surface area contributed by atoms with E-state index >= 15 is 0 Å². The van der Waals surface area contributed by atoms with Gasteiger partial charge in [0.1, 0.15) is 11.6 Å². The van der Waals surface area contributed by atoms with Gasteiger partial charge < -0.3 is 9.80 Å². The number of hydrogen-bond donors (Lipinski definition) is 0. The molecule has 0 bridgehead atoms. The van der Waals surface area contributed by atoms with Crippen molar-refractivity contribution in [3.8, 4) is 0 Å². The molecule has 2 saturated heterocycles. The zero-order chi connectivity index (χ0) is 21.3.